The molecule has 1 rings (SSSR count). The van der Waals surface area contributed by atoms with E-state index in [-0.39, 0.29) is 7.92 Å². The topological polar surface area (TPSA) is 8.17 Å². The van der Waals surface area contributed by atoms with Crippen molar-refractivity contribution in [1.29, 1.82) is 0 Å². The zero-order valence-electron chi connectivity index (χ0n) is 12.6. The van der Waals surface area contributed by atoms with Crippen LogP contribution in [0, 0.1) is 0 Å². The first-order chi connectivity index (χ1) is 7.55. The van der Waals surface area contributed by atoms with Gasteiger partial charge >= 0.3 is 0 Å². The van der Waals surface area contributed by atoms with Crippen molar-refractivity contribution in [3.63, 3.8) is 0 Å². The first-order valence-corrected chi connectivity index (χ1v) is 7.54. The van der Waals surface area contributed by atoms with Gasteiger partial charge < -0.3 is 5.01 Å². The predicted octanol–water partition coefficient (Wildman–Crippen LogP) is 3.39. The molecular formula is C14H27N2P. The third-order valence-corrected chi connectivity index (χ3v) is 6.20. The highest BCUT2D eigenvalue weighted by Crippen LogP contribution is 2.58. The Balaban J connectivity index is 3.29. The maximum absolute atomic E-state index is 2.36. The lowest BCUT2D eigenvalue weighted by Crippen LogP contribution is -2.39. The summed E-state index contributed by atoms with van der Waals surface area (Å²) < 4.78 is 2.28. The van der Waals surface area contributed by atoms with Gasteiger partial charge in [0.1, 0.15) is 0 Å². The molecule has 1 aromatic rings. The van der Waals surface area contributed by atoms with Gasteiger partial charge in [0.2, 0.25) is 0 Å². The zero-order valence-corrected chi connectivity index (χ0v) is 13.5. The van der Waals surface area contributed by atoms with E-state index in [0.717, 1.165) is 0 Å². The smallest absolute Gasteiger partial charge is 0.0633 e. The second-order valence-electron chi connectivity index (χ2n) is 6.74. The van der Waals surface area contributed by atoms with E-state index in [1.807, 2.05) is 0 Å². The average molecular weight is 254 g/mol. The maximum Gasteiger partial charge on any atom is 0.0633 e. The van der Waals surface area contributed by atoms with Crippen LogP contribution in [0.4, 0.5) is 0 Å². The highest BCUT2D eigenvalue weighted by molar-refractivity contribution is 7.68. The van der Waals surface area contributed by atoms with Gasteiger partial charge in [-0.25, -0.2) is 0 Å². The van der Waals surface area contributed by atoms with Crippen molar-refractivity contribution in [1.82, 2.24) is 4.68 Å². The molecule has 0 bridgehead atoms. The molecule has 98 valence electrons. The fraction of sp³-hybridized carbons (Fsp3) is 0.714. The van der Waals surface area contributed by atoms with Gasteiger partial charge in [-0.15, -0.1) is 0 Å². The summed E-state index contributed by atoms with van der Waals surface area (Å²) in [5.74, 6) is 0. The Morgan fingerprint density at radius 2 is 1.47 bits per heavy atom. The number of hydrogen-bond acceptors (Lipinski definition) is 1. The van der Waals surface area contributed by atoms with Crippen molar-refractivity contribution < 1.29 is 0 Å². The van der Waals surface area contributed by atoms with Gasteiger partial charge in [-0.3, -0.25) is 4.68 Å². The van der Waals surface area contributed by atoms with E-state index in [9.17, 15) is 0 Å². The molecule has 0 amide bonds. The largest absolute Gasteiger partial charge is 0.319 e. The molecule has 0 N–H and O–H groups in total. The molecule has 0 aromatic carbocycles. The summed E-state index contributed by atoms with van der Waals surface area (Å²) in [6.07, 6.45) is 2.15. The lowest BCUT2D eigenvalue weighted by molar-refractivity contribution is 0.702. The van der Waals surface area contributed by atoms with E-state index < -0.39 is 0 Å². The summed E-state index contributed by atoms with van der Waals surface area (Å²) >= 11 is 0. The van der Waals surface area contributed by atoms with Crippen molar-refractivity contribution in [2.24, 2.45) is 0 Å². The van der Waals surface area contributed by atoms with Gasteiger partial charge in [0.15, 0.2) is 0 Å². The first-order valence-electron chi connectivity index (χ1n) is 6.20. The van der Waals surface area contributed by atoms with Crippen LogP contribution in [0.15, 0.2) is 18.3 Å². The van der Waals surface area contributed by atoms with Crippen LogP contribution in [0.1, 0.15) is 41.5 Å². The van der Waals surface area contributed by atoms with Gasteiger partial charge in [0, 0.05) is 20.3 Å². The van der Waals surface area contributed by atoms with Crippen LogP contribution in [0.3, 0.4) is 0 Å². The van der Waals surface area contributed by atoms with Crippen molar-refractivity contribution in [3.8, 4) is 0 Å². The predicted molar refractivity (Wildman–Crippen MR) is 80.6 cm³/mol. The van der Waals surface area contributed by atoms with Crippen LogP contribution in [-0.4, -0.2) is 29.1 Å². The summed E-state index contributed by atoms with van der Waals surface area (Å²) in [5, 5.41) is 2.79. The van der Waals surface area contributed by atoms with E-state index in [4.69, 9.17) is 0 Å². The molecule has 0 saturated carbocycles. The third kappa shape index (κ3) is 3.25. The summed E-state index contributed by atoms with van der Waals surface area (Å²) in [7, 11) is 3.97. The summed E-state index contributed by atoms with van der Waals surface area (Å²) in [6, 6.07) is 4.43. The minimum Gasteiger partial charge on any atom is -0.319 e. The standard InChI is InChI=1S/C14H27N2P/c1-13(2,3)17(14(4,5)6)12-10-9-11-16(12)15(7)8/h9-11H,1-8H3. The van der Waals surface area contributed by atoms with Crippen molar-refractivity contribution >= 4 is 13.4 Å². The molecule has 0 aliphatic heterocycles. The van der Waals surface area contributed by atoms with Gasteiger partial charge in [0.05, 0.1) is 5.44 Å². The minimum absolute atomic E-state index is 0.233. The van der Waals surface area contributed by atoms with E-state index >= 15 is 0 Å². The number of hydrogen-bond donors (Lipinski definition) is 0. The van der Waals surface area contributed by atoms with Crippen LogP contribution < -0.4 is 10.4 Å². The Morgan fingerprint density at radius 3 is 1.82 bits per heavy atom. The first kappa shape index (κ1) is 14.6. The molecule has 0 saturated heterocycles. The second-order valence-corrected chi connectivity index (χ2v) is 10.5. The quantitative estimate of drug-likeness (QED) is 0.734. The Kier molecular flexibility index (Phi) is 3.98. The van der Waals surface area contributed by atoms with Crippen molar-refractivity contribution in [2.75, 3.05) is 19.1 Å². The van der Waals surface area contributed by atoms with Crippen LogP contribution in [0.2, 0.25) is 0 Å². The molecule has 0 unspecified atom stereocenters. The monoisotopic (exact) mass is 254 g/mol. The van der Waals surface area contributed by atoms with E-state index in [1.165, 1.54) is 5.44 Å². The fourth-order valence-electron chi connectivity index (χ4n) is 2.57. The molecule has 3 heteroatoms. The highest BCUT2D eigenvalue weighted by Gasteiger charge is 2.37. The average Bonchev–Trinajstić information content (AvgIpc) is 2.46. The molecule has 2 nitrogen and oxygen atoms in total. The normalized spacial score (nSPS) is 13.2. The van der Waals surface area contributed by atoms with Gasteiger partial charge in [-0.1, -0.05) is 41.5 Å². The van der Waals surface area contributed by atoms with Crippen LogP contribution in [0.5, 0.6) is 0 Å². The van der Waals surface area contributed by atoms with Crippen molar-refractivity contribution in [3.05, 3.63) is 18.3 Å². The third-order valence-electron chi connectivity index (χ3n) is 2.71. The Bertz CT molecular complexity index is 352. The van der Waals surface area contributed by atoms with Crippen LogP contribution in [0.25, 0.3) is 0 Å². The van der Waals surface area contributed by atoms with Crippen molar-refractivity contribution in [2.45, 2.75) is 51.9 Å². The molecule has 1 heterocycles. The molecular weight excluding hydrogens is 227 g/mol. The molecule has 0 spiro atoms. The molecule has 0 radical (unpaired) electrons. The summed E-state index contributed by atoms with van der Waals surface area (Å²) in [6.45, 7) is 14.1. The van der Waals surface area contributed by atoms with Crippen LogP contribution in [-0.2, 0) is 0 Å². The lowest BCUT2D eigenvalue weighted by Gasteiger charge is -2.42. The Labute approximate surface area is 108 Å². The number of nitrogens with zero attached hydrogens (tertiary/aromatic N) is 2. The SMILES string of the molecule is CN(C)n1cccc1P(C(C)(C)C)C(C)(C)C. The Hall–Kier alpha value is -0.490. The minimum atomic E-state index is -0.233. The molecule has 0 atom stereocenters. The summed E-state index contributed by atoms with van der Waals surface area (Å²) in [5.41, 5.74) is 1.46. The Morgan fingerprint density at radius 1 is 1.00 bits per heavy atom. The highest BCUT2D eigenvalue weighted by atomic mass is 31.1. The molecule has 0 fully saturated rings. The zero-order chi connectivity index (χ0) is 13.4. The number of aromatic nitrogens is 1. The van der Waals surface area contributed by atoms with E-state index in [0.29, 0.717) is 10.3 Å². The van der Waals surface area contributed by atoms with E-state index in [1.54, 1.807) is 0 Å². The maximum atomic E-state index is 2.36. The molecule has 0 aliphatic rings. The molecule has 0 aliphatic carbocycles. The van der Waals surface area contributed by atoms with Crippen LogP contribution >= 0.6 is 7.92 Å². The molecule has 17 heavy (non-hydrogen) atoms. The fourth-order valence-corrected chi connectivity index (χ4v) is 6.64. The summed E-state index contributed by atoms with van der Waals surface area (Å²) in [4.78, 5) is 0. The number of rotatable bonds is 2. The van der Waals surface area contributed by atoms with Gasteiger partial charge in [-0.05, 0) is 30.4 Å². The second kappa shape index (κ2) is 4.65. The van der Waals surface area contributed by atoms with E-state index in [2.05, 4.69) is 83.7 Å². The van der Waals surface area contributed by atoms with Gasteiger partial charge in [0.25, 0.3) is 0 Å². The lowest BCUT2D eigenvalue weighted by atomic mass is 10.2. The van der Waals surface area contributed by atoms with Gasteiger partial charge in [-0.2, -0.15) is 0 Å². The molecule has 1 aromatic heterocycles.